The number of carbonyl (C=O) groups excluding carboxylic acids is 4. The van der Waals surface area contributed by atoms with Crippen LogP contribution in [0.3, 0.4) is 0 Å². The Kier molecular flexibility index (Phi) is 11.6. The number of hydrogen-bond donors (Lipinski definition) is 0. The van der Waals surface area contributed by atoms with Crippen molar-refractivity contribution in [1.82, 2.24) is 9.80 Å². The number of rotatable bonds is 14. The van der Waals surface area contributed by atoms with E-state index in [1.165, 1.54) is 0 Å². The van der Waals surface area contributed by atoms with Gasteiger partial charge in [-0.15, -0.1) is 0 Å². The lowest BCUT2D eigenvalue weighted by Crippen LogP contribution is -2.54. The van der Waals surface area contributed by atoms with E-state index in [9.17, 15) is 19.2 Å². The average molecular weight is 671 g/mol. The molecule has 0 radical (unpaired) electrons. The SMILES string of the molecule is CCOC(=O)C(C(=O)OCC)[C@H](c1ccc2c(c1)OCO2)N1CCN([C@@H](c2ccc3c(c2)OCO3)C(C(=O)OCC)C(=O)OCC)CC1. The fraction of sp³-hybridized carbons (Fsp3) is 0.529. The molecule has 0 bridgehead atoms. The first-order chi connectivity index (χ1) is 23.3. The van der Waals surface area contributed by atoms with Gasteiger partial charge in [0.05, 0.1) is 38.5 Å². The topological polar surface area (TPSA) is 149 Å². The van der Waals surface area contributed by atoms with Crippen LogP contribution in [0.1, 0.15) is 50.9 Å². The highest BCUT2D eigenvalue weighted by Gasteiger charge is 2.46. The van der Waals surface area contributed by atoms with Crippen LogP contribution < -0.4 is 18.9 Å². The Labute approximate surface area is 279 Å². The zero-order chi connectivity index (χ0) is 34.2. The maximum Gasteiger partial charge on any atom is 0.322 e. The number of nitrogens with zero attached hydrogens (tertiary/aromatic N) is 2. The summed E-state index contributed by atoms with van der Waals surface area (Å²) in [6.45, 7) is 8.50. The van der Waals surface area contributed by atoms with Gasteiger partial charge < -0.3 is 37.9 Å². The number of esters is 4. The average Bonchev–Trinajstić information content (AvgIpc) is 3.75. The van der Waals surface area contributed by atoms with Crippen molar-refractivity contribution in [1.29, 1.82) is 0 Å². The van der Waals surface area contributed by atoms with E-state index >= 15 is 0 Å². The predicted octanol–water partition coefficient (Wildman–Crippen LogP) is 3.03. The maximum absolute atomic E-state index is 13.4. The highest BCUT2D eigenvalue weighted by Crippen LogP contribution is 2.42. The zero-order valence-electron chi connectivity index (χ0n) is 27.6. The summed E-state index contributed by atoms with van der Waals surface area (Å²) in [6.07, 6.45) is 0. The summed E-state index contributed by atoms with van der Waals surface area (Å²) in [6, 6.07) is 9.03. The number of carbonyl (C=O) groups is 4. The van der Waals surface area contributed by atoms with Crippen molar-refractivity contribution in [3.63, 3.8) is 0 Å². The van der Waals surface area contributed by atoms with Gasteiger partial charge in [0.2, 0.25) is 13.6 Å². The quantitative estimate of drug-likeness (QED) is 0.165. The first kappa shape index (κ1) is 34.8. The van der Waals surface area contributed by atoms with E-state index in [0.717, 1.165) is 0 Å². The van der Waals surface area contributed by atoms with Gasteiger partial charge in [-0.05, 0) is 63.1 Å². The lowest BCUT2D eigenvalue weighted by Gasteiger charge is -2.44. The van der Waals surface area contributed by atoms with Crippen LogP contribution in [0.2, 0.25) is 0 Å². The van der Waals surface area contributed by atoms with Gasteiger partial charge in [0.25, 0.3) is 0 Å². The first-order valence-corrected chi connectivity index (χ1v) is 16.2. The Morgan fingerprint density at radius 3 is 1.17 bits per heavy atom. The van der Waals surface area contributed by atoms with Crippen molar-refractivity contribution in [3.8, 4) is 23.0 Å². The molecule has 260 valence electrons. The third-order valence-electron chi connectivity index (χ3n) is 8.41. The van der Waals surface area contributed by atoms with Gasteiger partial charge in [-0.3, -0.25) is 29.0 Å². The van der Waals surface area contributed by atoms with Gasteiger partial charge in [-0.2, -0.15) is 0 Å². The molecule has 1 fully saturated rings. The van der Waals surface area contributed by atoms with Crippen LogP contribution in [0.15, 0.2) is 36.4 Å². The summed E-state index contributed by atoms with van der Waals surface area (Å²) < 4.78 is 43.8. The smallest absolute Gasteiger partial charge is 0.322 e. The minimum Gasteiger partial charge on any atom is -0.465 e. The molecule has 2 atom stereocenters. The van der Waals surface area contributed by atoms with E-state index in [-0.39, 0.29) is 40.0 Å². The number of hydrogen-bond acceptors (Lipinski definition) is 14. The van der Waals surface area contributed by atoms with Gasteiger partial charge in [0.1, 0.15) is 0 Å². The predicted molar refractivity (Wildman–Crippen MR) is 167 cm³/mol. The Morgan fingerprint density at radius 2 is 0.854 bits per heavy atom. The lowest BCUT2D eigenvalue weighted by molar-refractivity contribution is -0.169. The van der Waals surface area contributed by atoms with Crippen molar-refractivity contribution in [2.45, 2.75) is 39.8 Å². The fourth-order valence-corrected chi connectivity index (χ4v) is 6.35. The van der Waals surface area contributed by atoms with Crippen LogP contribution in [-0.2, 0) is 38.1 Å². The fourth-order valence-electron chi connectivity index (χ4n) is 6.35. The first-order valence-electron chi connectivity index (χ1n) is 16.2. The molecule has 14 nitrogen and oxygen atoms in total. The molecule has 3 aliphatic heterocycles. The van der Waals surface area contributed by atoms with Crippen LogP contribution in [-0.4, -0.2) is 99.9 Å². The second-order valence-corrected chi connectivity index (χ2v) is 11.2. The molecule has 0 spiro atoms. The summed E-state index contributed by atoms with van der Waals surface area (Å²) >= 11 is 0. The minimum atomic E-state index is -1.30. The summed E-state index contributed by atoms with van der Waals surface area (Å²) in [5.41, 5.74) is 1.28. The van der Waals surface area contributed by atoms with E-state index < -0.39 is 47.8 Å². The molecule has 0 amide bonds. The zero-order valence-corrected chi connectivity index (χ0v) is 27.6. The molecular weight excluding hydrogens is 628 g/mol. The van der Waals surface area contributed by atoms with Crippen LogP contribution in [0.4, 0.5) is 0 Å². The van der Waals surface area contributed by atoms with Gasteiger partial charge in [-0.25, -0.2) is 0 Å². The van der Waals surface area contributed by atoms with Crippen molar-refractivity contribution in [2.24, 2.45) is 11.8 Å². The third-order valence-corrected chi connectivity index (χ3v) is 8.41. The number of ether oxygens (including phenoxy) is 8. The second kappa shape index (κ2) is 16.0. The Bertz CT molecular complexity index is 1330. The van der Waals surface area contributed by atoms with Crippen molar-refractivity contribution >= 4 is 23.9 Å². The molecule has 0 N–H and O–H groups in total. The molecular formula is C34H42N2O12. The molecule has 0 aliphatic carbocycles. The molecule has 2 aromatic carbocycles. The molecule has 3 heterocycles. The van der Waals surface area contributed by atoms with Crippen LogP contribution >= 0.6 is 0 Å². The van der Waals surface area contributed by atoms with E-state index in [0.29, 0.717) is 60.3 Å². The van der Waals surface area contributed by atoms with Crippen molar-refractivity contribution in [3.05, 3.63) is 47.5 Å². The molecule has 48 heavy (non-hydrogen) atoms. The Balaban J connectivity index is 1.50. The van der Waals surface area contributed by atoms with E-state index in [1.807, 2.05) is 9.80 Å². The molecule has 2 aromatic rings. The third kappa shape index (κ3) is 7.44. The minimum absolute atomic E-state index is 0.0602. The summed E-state index contributed by atoms with van der Waals surface area (Å²) in [7, 11) is 0. The van der Waals surface area contributed by atoms with Crippen LogP contribution in [0.5, 0.6) is 23.0 Å². The van der Waals surface area contributed by atoms with E-state index in [4.69, 9.17) is 37.9 Å². The van der Waals surface area contributed by atoms with Gasteiger partial charge in [-0.1, -0.05) is 12.1 Å². The standard InChI is InChI=1S/C34H42N2O12/c1-5-41-31(37)27(32(38)42-6-2)29(21-9-11-23-25(17-21)47-19-45-23)35-13-15-36(16-14-35)30(22-10-12-24-26(18-22)48-20-46-24)28(33(39)43-7-3)34(40)44-8-4/h9-12,17-18,27-30H,5-8,13-16,19-20H2,1-4H3/t29-,30-/m0/s1. The van der Waals surface area contributed by atoms with Crippen LogP contribution in [0.25, 0.3) is 0 Å². The number of fused-ring (bicyclic) bond motifs is 2. The summed E-state index contributed by atoms with van der Waals surface area (Å²) in [4.78, 5) is 57.7. The highest BCUT2D eigenvalue weighted by atomic mass is 16.7. The largest absolute Gasteiger partial charge is 0.465 e. The highest BCUT2D eigenvalue weighted by molar-refractivity contribution is 5.96. The lowest BCUT2D eigenvalue weighted by atomic mass is 9.88. The number of benzene rings is 2. The molecule has 14 heteroatoms. The van der Waals surface area contributed by atoms with Gasteiger partial charge >= 0.3 is 23.9 Å². The number of piperazine rings is 1. The van der Waals surface area contributed by atoms with Crippen molar-refractivity contribution < 1.29 is 57.1 Å². The summed E-state index contributed by atoms with van der Waals surface area (Å²) in [5.74, 6) is -3.31. The maximum atomic E-state index is 13.4. The molecule has 0 saturated carbocycles. The molecule has 0 unspecified atom stereocenters. The van der Waals surface area contributed by atoms with Gasteiger partial charge in [0, 0.05) is 26.2 Å². The molecule has 1 saturated heterocycles. The van der Waals surface area contributed by atoms with Crippen LogP contribution in [0, 0.1) is 11.8 Å². The van der Waals surface area contributed by atoms with E-state index in [1.54, 1.807) is 64.1 Å². The molecule has 0 aromatic heterocycles. The Morgan fingerprint density at radius 1 is 0.542 bits per heavy atom. The van der Waals surface area contributed by atoms with Crippen molar-refractivity contribution in [2.75, 3.05) is 66.2 Å². The van der Waals surface area contributed by atoms with Gasteiger partial charge in [0.15, 0.2) is 34.8 Å². The normalized spacial score (nSPS) is 16.8. The monoisotopic (exact) mass is 670 g/mol. The molecule has 5 rings (SSSR count). The molecule has 3 aliphatic rings. The van der Waals surface area contributed by atoms with E-state index in [2.05, 4.69) is 0 Å². The summed E-state index contributed by atoms with van der Waals surface area (Å²) in [5, 5.41) is 0. The Hall–Kier alpha value is -4.56. The second-order valence-electron chi connectivity index (χ2n) is 11.2.